The van der Waals surface area contributed by atoms with Crippen molar-refractivity contribution in [2.24, 2.45) is 0 Å². The summed E-state index contributed by atoms with van der Waals surface area (Å²) >= 11 is 1.35. The summed E-state index contributed by atoms with van der Waals surface area (Å²) in [6.45, 7) is 2.43. The Balaban J connectivity index is 1.29. The minimum Gasteiger partial charge on any atom is -0.497 e. The minimum absolute atomic E-state index is 0.110. The Morgan fingerprint density at radius 1 is 1.12 bits per heavy atom. The highest BCUT2D eigenvalue weighted by molar-refractivity contribution is 7.99. The lowest BCUT2D eigenvalue weighted by Gasteiger charge is -2.19. The summed E-state index contributed by atoms with van der Waals surface area (Å²) in [5.74, 6) is 2.90. The van der Waals surface area contributed by atoms with Crippen molar-refractivity contribution in [3.8, 4) is 28.6 Å². The van der Waals surface area contributed by atoms with Crippen LogP contribution in [0, 0.1) is 0 Å². The van der Waals surface area contributed by atoms with E-state index < -0.39 is 0 Å². The van der Waals surface area contributed by atoms with E-state index in [1.807, 2.05) is 28.8 Å². The van der Waals surface area contributed by atoms with Gasteiger partial charge in [-0.05, 0) is 49.2 Å². The molecule has 2 aliphatic heterocycles. The second-order valence-corrected chi connectivity index (χ2v) is 8.92. The Hall–Kier alpha value is -3.24. The van der Waals surface area contributed by atoms with Crippen LogP contribution in [0.1, 0.15) is 12.8 Å². The topological polar surface area (TPSA) is 96.7 Å². The average Bonchev–Trinajstić information content (AvgIpc) is 3.53. The Morgan fingerprint density at radius 2 is 1.94 bits per heavy atom. The third kappa shape index (κ3) is 5.13. The van der Waals surface area contributed by atoms with Crippen LogP contribution in [0.15, 0.2) is 47.6 Å². The van der Waals surface area contributed by atoms with E-state index in [-0.39, 0.29) is 17.8 Å². The number of thioether (sulfide) groups is 1. The van der Waals surface area contributed by atoms with Crippen molar-refractivity contribution in [1.29, 1.82) is 0 Å². The summed E-state index contributed by atoms with van der Waals surface area (Å²) in [7, 11) is 1.64. The fourth-order valence-corrected chi connectivity index (χ4v) is 4.70. The van der Waals surface area contributed by atoms with Crippen molar-refractivity contribution in [2.75, 3.05) is 38.0 Å². The molecule has 5 rings (SSSR count). The molecule has 3 heterocycles. The second-order valence-electron chi connectivity index (χ2n) is 7.98. The van der Waals surface area contributed by atoms with Crippen molar-refractivity contribution in [2.45, 2.75) is 30.6 Å². The van der Waals surface area contributed by atoms with E-state index in [4.69, 9.17) is 18.9 Å². The normalized spacial score (nSPS) is 16.9. The van der Waals surface area contributed by atoms with Gasteiger partial charge in [0.2, 0.25) is 5.91 Å². The van der Waals surface area contributed by atoms with Crippen molar-refractivity contribution in [3.05, 3.63) is 42.5 Å². The molecular formula is C24H26N4O5S. The SMILES string of the molecule is COc1ccc(-c2nnc(SCC(=O)Nc3ccc4c(c3)OCCO4)n2C[C@@H]2CCCO2)cc1. The maximum absolute atomic E-state index is 12.7. The van der Waals surface area contributed by atoms with Crippen molar-refractivity contribution in [3.63, 3.8) is 0 Å². The molecule has 1 fully saturated rings. The number of hydrogen-bond donors (Lipinski definition) is 1. The van der Waals surface area contributed by atoms with Crippen LogP contribution in [0.3, 0.4) is 0 Å². The van der Waals surface area contributed by atoms with E-state index in [9.17, 15) is 4.79 Å². The lowest BCUT2D eigenvalue weighted by molar-refractivity contribution is -0.113. The molecule has 178 valence electrons. The Bertz CT molecular complexity index is 1140. The molecule has 1 aromatic heterocycles. The molecule has 0 spiro atoms. The van der Waals surface area contributed by atoms with Gasteiger partial charge in [0.1, 0.15) is 19.0 Å². The van der Waals surface area contributed by atoms with Crippen LogP contribution < -0.4 is 19.5 Å². The number of methoxy groups -OCH3 is 1. The maximum Gasteiger partial charge on any atom is 0.234 e. The number of aromatic nitrogens is 3. The number of carbonyl (C=O) groups is 1. The van der Waals surface area contributed by atoms with Crippen molar-refractivity contribution < 1.29 is 23.7 Å². The van der Waals surface area contributed by atoms with Gasteiger partial charge in [0.15, 0.2) is 22.5 Å². The van der Waals surface area contributed by atoms with Crippen LogP contribution in [0.4, 0.5) is 5.69 Å². The predicted octanol–water partition coefficient (Wildman–Crippen LogP) is 3.63. The number of ether oxygens (including phenoxy) is 4. The van der Waals surface area contributed by atoms with Crippen LogP contribution in [0.25, 0.3) is 11.4 Å². The van der Waals surface area contributed by atoms with Crippen LogP contribution >= 0.6 is 11.8 Å². The molecule has 0 aliphatic carbocycles. The Labute approximate surface area is 201 Å². The first-order valence-corrected chi connectivity index (χ1v) is 12.2. The molecule has 0 bridgehead atoms. The number of nitrogens with zero attached hydrogens (tertiary/aromatic N) is 3. The van der Waals surface area contributed by atoms with Gasteiger partial charge in [-0.3, -0.25) is 9.36 Å². The van der Waals surface area contributed by atoms with Gasteiger partial charge < -0.3 is 24.3 Å². The smallest absolute Gasteiger partial charge is 0.234 e. The van der Waals surface area contributed by atoms with Gasteiger partial charge in [0, 0.05) is 23.9 Å². The molecule has 0 unspecified atom stereocenters. The first-order chi connectivity index (χ1) is 16.7. The molecule has 1 amide bonds. The van der Waals surface area contributed by atoms with Gasteiger partial charge in [-0.2, -0.15) is 0 Å². The highest BCUT2D eigenvalue weighted by Gasteiger charge is 2.22. The summed E-state index contributed by atoms with van der Waals surface area (Å²) in [6, 6.07) is 13.1. The Kier molecular flexibility index (Phi) is 6.87. The molecule has 9 nitrogen and oxygen atoms in total. The van der Waals surface area contributed by atoms with E-state index in [2.05, 4.69) is 15.5 Å². The largest absolute Gasteiger partial charge is 0.497 e. The summed E-state index contributed by atoms with van der Waals surface area (Å²) in [5, 5.41) is 12.4. The summed E-state index contributed by atoms with van der Waals surface area (Å²) in [4.78, 5) is 12.7. The van der Waals surface area contributed by atoms with E-state index in [0.29, 0.717) is 42.1 Å². The molecule has 1 saturated heterocycles. The van der Waals surface area contributed by atoms with Gasteiger partial charge in [-0.1, -0.05) is 11.8 Å². The molecule has 2 aliphatic rings. The van der Waals surface area contributed by atoms with Crippen LogP contribution in [-0.2, 0) is 16.1 Å². The van der Waals surface area contributed by atoms with Crippen molar-refractivity contribution >= 4 is 23.4 Å². The zero-order valence-corrected chi connectivity index (χ0v) is 19.7. The zero-order chi connectivity index (χ0) is 23.3. The molecule has 0 radical (unpaired) electrons. The van der Waals surface area contributed by atoms with Crippen LogP contribution in [0.2, 0.25) is 0 Å². The van der Waals surface area contributed by atoms with Gasteiger partial charge in [0.05, 0.1) is 25.5 Å². The van der Waals surface area contributed by atoms with Crippen LogP contribution in [0.5, 0.6) is 17.2 Å². The molecule has 1 N–H and O–H groups in total. The molecule has 0 saturated carbocycles. The number of fused-ring (bicyclic) bond motifs is 1. The third-order valence-corrected chi connectivity index (χ3v) is 6.60. The monoisotopic (exact) mass is 482 g/mol. The van der Waals surface area contributed by atoms with Crippen molar-refractivity contribution in [1.82, 2.24) is 14.8 Å². The molecule has 1 atom stereocenters. The lowest BCUT2D eigenvalue weighted by Crippen LogP contribution is -2.18. The lowest BCUT2D eigenvalue weighted by atomic mass is 10.2. The highest BCUT2D eigenvalue weighted by Crippen LogP contribution is 2.33. The second kappa shape index (κ2) is 10.4. The number of carbonyl (C=O) groups excluding carboxylic acids is 1. The molecule has 3 aromatic rings. The highest BCUT2D eigenvalue weighted by atomic mass is 32.2. The van der Waals surface area contributed by atoms with E-state index in [1.165, 1.54) is 11.8 Å². The molecule has 2 aromatic carbocycles. The van der Waals surface area contributed by atoms with E-state index in [1.54, 1.807) is 25.3 Å². The summed E-state index contributed by atoms with van der Waals surface area (Å²) < 4.78 is 24.3. The number of amides is 1. The molecular weight excluding hydrogens is 456 g/mol. The first-order valence-electron chi connectivity index (χ1n) is 11.2. The molecule has 34 heavy (non-hydrogen) atoms. The van der Waals surface area contributed by atoms with Crippen LogP contribution in [-0.4, -0.2) is 59.5 Å². The summed E-state index contributed by atoms with van der Waals surface area (Å²) in [5.41, 5.74) is 1.59. The summed E-state index contributed by atoms with van der Waals surface area (Å²) in [6.07, 6.45) is 2.15. The fraction of sp³-hybridized carbons (Fsp3) is 0.375. The molecule has 10 heteroatoms. The minimum atomic E-state index is -0.139. The fourth-order valence-electron chi connectivity index (χ4n) is 3.95. The number of benzene rings is 2. The zero-order valence-electron chi connectivity index (χ0n) is 18.9. The maximum atomic E-state index is 12.7. The Morgan fingerprint density at radius 3 is 2.71 bits per heavy atom. The van der Waals surface area contributed by atoms with Gasteiger partial charge in [-0.25, -0.2) is 0 Å². The number of rotatable bonds is 8. The number of anilines is 1. The van der Waals surface area contributed by atoms with E-state index in [0.717, 1.165) is 36.6 Å². The van der Waals surface area contributed by atoms with E-state index >= 15 is 0 Å². The first kappa shape index (κ1) is 22.5. The van der Waals surface area contributed by atoms with Gasteiger partial charge in [-0.15, -0.1) is 10.2 Å². The average molecular weight is 483 g/mol. The third-order valence-electron chi connectivity index (χ3n) is 5.63. The number of nitrogens with one attached hydrogen (secondary N) is 1. The predicted molar refractivity (Wildman–Crippen MR) is 128 cm³/mol. The van der Waals surface area contributed by atoms with Gasteiger partial charge in [0.25, 0.3) is 0 Å². The quantitative estimate of drug-likeness (QED) is 0.486. The number of hydrogen-bond acceptors (Lipinski definition) is 8. The standard InChI is InChI=1S/C24H26N4O5S/c1-30-18-7-4-16(5-8-18)23-26-27-24(28(23)14-19-3-2-10-31-19)34-15-22(29)25-17-6-9-20-21(13-17)33-12-11-32-20/h4-9,13,19H,2-3,10-12,14-15H2,1H3,(H,25,29)/t19-/m0/s1. The van der Waals surface area contributed by atoms with Gasteiger partial charge >= 0.3 is 0 Å².